The summed E-state index contributed by atoms with van der Waals surface area (Å²) in [5.74, 6) is -0.738. The molecule has 0 radical (unpaired) electrons. The number of benzene rings is 2. The van der Waals surface area contributed by atoms with Crippen LogP contribution in [0.1, 0.15) is 37.8 Å². The van der Waals surface area contributed by atoms with Crippen LogP contribution in [0.25, 0.3) is 0 Å². The molecule has 0 amide bonds. The molecule has 2 aromatic carbocycles. The highest BCUT2D eigenvalue weighted by Crippen LogP contribution is 2.20. The highest BCUT2D eigenvalue weighted by Gasteiger charge is 2.26. The molecule has 3 nitrogen and oxygen atoms in total. The first-order valence-corrected chi connectivity index (χ1v) is 9.02. The van der Waals surface area contributed by atoms with Crippen molar-refractivity contribution in [2.75, 3.05) is 6.54 Å². The third kappa shape index (κ3) is 6.71. The van der Waals surface area contributed by atoms with Crippen LogP contribution in [0.4, 0.5) is 0 Å². The average molecular weight is 339 g/mol. The molecule has 134 valence electrons. The summed E-state index contributed by atoms with van der Waals surface area (Å²) in [6, 6.07) is 21.3. The predicted octanol–water partition coefficient (Wildman–Crippen LogP) is 4.32. The maximum Gasteiger partial charge on any atom is 0.309 e. The molecule has 0 fully saturated rings. The summed E-state index contributed by atoms with van der Waals surface area (Å²) in [7, 11) is 0. The Kier molecular flexibility index (Phi) is 7.20. The Morgan fingerprint density at radius 3 is 2.12 bits per heavy atom. The van der Waals surface area contributed by atoms with Crippen molar-refractivity contribution in [3.05, 3.63) is 71.8 Å². The average Bonchev–Trinajstić information content (AvgIpc) is 2.61. The Morgan fingerprint density at radius 1 is 1.00 bits per heavy atom. The van der Waals surface area contributed by atoms with Crippen molar-refractivity contribution in [1.29, 1.82) is 0 Å². The summed E-state index contributed by atoms with van der Waals surface area (Å²) in [6.45, 7) is 4.28. The summed E-state index contributed by atoms with van der Waals surface area (Å²) in [5.41, 5.74) is 1.96. The molecule has 0 aromatic heterocycles. The topological polar surface area (TPSA) is 49.3 Å². The first-order valence-electron chi connectivity index (χ1n) is 9.02. The summed E-state index contributed by atoms with van der Waals surface area (Å²) in [5, 5.41) is 12.9. The van der Waals surface area contributed by atoms with Crippen LogP contribution in [0, 0.1) is 5.41 Å². The quantitative estimate of drug-likeness (QED) is 0.678. The van der Waals surface area contributed by atoms with Crippen molar-refractivity contribution in [2.45, 2.75) is 45.6 Å². The van der Waals surface area contributed by atoms with Gasteiger partial charge in [-0.1, -0.05) is 60.7 Å². The molecule has 25 heavy (non-hydrogen) atoms. The highest BCUT2D eigenvalue weighted by atomic mass is 16.4. The summed E-state index contributed by atoms with van der Waals surface area (Å²) >= 11 is 0. The highest BCUT2D eigenvalue weighted by molar-refractivity contribution is 5.73. The van der Waals surface area contributed by atoms with Gasteiger partial charge in [-0.25, -0.2) is 0 Å². The van der Waals surface area contributed by atoms with E-state index in [0.717, 1.165) is 19.3 Å². The first kappa shape index (κ1) is 19.2. The van der Waals surface area contributed by atoms with E-state index in [2.05, 4.69) is 53.8 Å². The second kappa shape index (κ2) is 9.38. The molecule has 1 atom stereocenters. The normalized spacial score (nSPS) is 12.7. The number of carbonyl (C=O) groups is 1. The number of carboxylic acids is 1. The standard InChI is InChI=1S/C22H29NO2/c1-22(2,21(24)25)15-16-23-20(17-19-11-7-4-8-12-19)14-13-18-9-5-3-6-10-18/h3-12,20,23H,13-17H2,1-2H3,(H,24,25). The second-order valence-corrected chi connectivity index (χ2v) is 7.30. The van der Waals surface area contributed by atoms with E-state index in [1.54, 1.807) is 13.8 Å². The molecule has 0 spiro atoms. The fourth-order valence-electron chi connectivity index (χ4n) is 2.86. The van der Waals surface area contributed by atoms with Crippen molar-refractivity contribution in [3.8, 4) is 0 Å². The fraction of sp³-hybridized carbons (Fsp3) is 0.409. The van der Waals surface area contributed by atoms with Gasteiger partial charge in [0, 0.05) is 6.04 Å². The lowest BCUT2D eigenvalue weighted by Gasteiger charge is -2.23. The monoisotopic (exact) mass is 339 g/mol. The van der Waals surface area contributed by atoms with Crippen molar-refractivity contribution in [3.63, 3.8) is 0 Å². The van der Waals surface area contributed by atoms with Crippen LogP contribution in [0.3, 0.4) is 0 Å². The minimum Gasteiger partial charge on any atom is -0.481 e. The van der Waals surface area contributed by atoms with Crippen LogP contribution >= 0.6 is 0 Å². The van der Waals surface area contributed by atoms with Gasteiger partial charge in [0.2, 0.25) is 0 Å². The van der Waals surface area contributed by atoms with Crippen molar-refractivity contribution in [2.24, 2.45) is 5.41 Å². The van der Waals surface area contributed by atoms with Gasteiger partial charge >= 0.3 is 5.97 Å². The number of hydrogen-bond acceptors (Lipinski definition) is 2. The molecule has 0 aliphatic carbocycles. The van der Waals surface area contributed by atoms with E-state index in [1.807, 2.05) is 12.1 Å². The largest absolute Gasteiger partial charge is 0.481 e. The lowest BCUT2D eigenvalue weighted by Crippen LogP contribution is -2.36. The zero-order chi connectivity index (χ0) is 18.1. The zero-order valence-corrected chi connectivity index (χ0v) is 15.2. The third-order valence-electron chi connectivity index (χ3n) is 4.71. The van der Waals surface area contributed by atoms with E-state index in [4.69, 9.17) is 0 Å². The summed E-state index contributed by atoms with van der Waals surface area (Å²) < 4.78 is 0. The number of hydrogen-bond donors (Lipinski definition) is 2. The Balaban J connectivity index is 1.92. The first-order chi connectivity index (χ1) is 12.0. The van der Waals surface area contributed by atoms with Gasteiger partial charge < -0.3 is 10.4 Å². The fourth-order valence-corrected chi connectivity index (χ4v) is 2.86. The smallest absolute Gasteiger partial charge is 0.309 e. The molecule has 3 heteroatoms. The molecule has 1 unspecified atom stereocenters. The lowest BCUT2D eigenvalue weighted by atomic mass is 9.89. The lowest BCUT2D eigenvalue weighted by molar-refractivity contribution is -0.147. The van der Waals surface area contributed by atoms with Gasteiger partial charge in [-0.2, -0.15) is 0 Å². The molecule has 0 bridgehead atoms. The van der Waals surface area contributed by atoms with Crippen molar-refractivity contribution in [1.82, 2.24) is 5.32 Å². The summed E-state index contributed by atoms with van der Waals surface area (Å²) in [4.78, 5) is 11.3. The van der Waals surface area contributed by atoms with E-state index >= 15 is 0 Å². The third-order valence-corrected chi connectivity index (χ3v) is 4.71. The van der Waals surface area contributed by atoms with E-state index < -0.39 is 11.4 Å². The number of aryl methyl sites for hydroxylation is 1. The van der Waals surface area contributed by atoms with Crippen molar-refractivity contribution >= 4 is 5.97 Å². The van der Waals surface area contributed by atoms with Crippen molar-refractivity contribution < 1.29 is 9.90 Å². The molecule has 0 saturated heterocycles. The molecule has 2 N–H and O–H groups in total. The van der Waals surface area contributed by atoms with Gasteiger partial charge in [0.25, 0.3) is 0 Å². The van der Waals surface area contributed by atoms with E-state index in [-0.39, 0.29) is 0 Å². The van der Waals surface area contributed by atoms with E-state index in [1.165, 1.54) is 11.1 Å². The second-order valence-electron chi connectivity index (χ2n) is 7.30. The number of rotatable bonds is 10. The maximum absolute atomic E-state index is 11.3. The molecule has 0 aliphatic rings. The molecule has 2 rings (SSSR count). The van der Waals surface area contributed by atoms with Crippen LogP contribution in [0.2, 0.25) is 0 Å². The number of carboxylic acid groups (broad SMARTS) is 1. The van der Waals surface area contributed by atoms with Gasteiger partial charge in [-0.15, -0.1) is 0 Å². The Morgan fingerprint density at radius 2 is 1.56 bits per heavy atom. The van der Waals surface area contributed by atoms with Gasteiger partial charge in [-0.05, 0) is 57.2 Å². The Bertz CT molecular complexity index is 638. The molecular formula is C22H29NO2. The zero-order valence-electron chi connectivity index (χ0n) is 15.2. The van der Waals surface area contributed by atoms with Crippen LogP contribution in [-0.2, 0) is 17.6 Å². The van der Waals surface area contributed by atoms with Crippen LogP contribution in [0.15, 0.2) is 60.7 Å². The minimum absolute atomic E-state index is 0.340. The number of nitrogens with one attached hydrogen (secondary N) is 1. The van der Waals surface area contributed by atoms with Crippen LogP contribution < -0.4 is 5.32 Å². The number of aliphatic carboxylic acids is 1. The van der Waals surface area contributed by atoms with Gasteiger partial charge in [0.05, 0.1) is 5.41 Å². The van der Waals surface area contributed by atoms with E-state index in [0.29, 0.717) is 19.0 Å². The van der Waals surface area contributed by atoms with Crippen LogP contribution in [0.5, 0.6) is 0 Å². The van der Waals surface area contributed by atoms with Gasteiger partial charge in [-0.3, -0.25) is 4.79 Å². The molecular weight excluding hydrogens is 310 g/mol. The Labute approximate surface area is 151 Å². The van der Waals surface area contributed by atoms with Gasteiger partial charge in [0.15, 0.2) is 0 Å². The summed E-state index contributed by atoms with van der Waals surface area (Å²) in [6.07, 6.45) is 3.64. The maximum atomic E-state index is 11.3. The van der Waals surface area contributed by atoms with E-state index in [9.17, 15) is 9.90 Å². The van der Waals surface area contributed by atoms with Crippen LogP contribution in [-0.4, -0.2) is 23.7 Å². The van der Waals surface area contributed by atoms with Gasteiger partial charge in [0.1, 0.15) is 0 Å². The molecule has 0 aliphatic heterocycles. The SMILES string of the molecule is CC(C)(CCNC(CCc1ccccc1)Cc1ccccc1)C(=O)O. The Hall–Kier alpha value is -2.13. The predicted molar refractivity (Wildman–Crippen MR) is 103 cm³/mol. The molecule has 0 heterocycles. The molecule has 0 saturated carbocycles. The molecule has 2 aromatic rings. The minimum atomic E-state index is -0.738.